The fraction of sp³-hybridized carbons (Fsp3) is 0.300. The van der Waals surface area contributed by atoms with Crippen LogP contribution >= 0.6 is 0 Å². The molecular formula is C10H12N4O3. The standard InChI is InChI=1S/C10H12N4O3/c15-10(16)9-2-1-8(17-9)7-11-3-5-14-6-4-12-13-14/h1-2,4,6,11H,3,5,7H2,(H,15,16). The first kappa shape index (κ1) is 11.3. The van der Waals surface area contributed by atoms with Gasteiger partial charge in [-0.3, -0.25) is 4.68 Å². The lowest BCUT2D eigenvalue weighted by molar-refractivity contribution is 0.0660. The lowest BCUT2D eigenvalue weighted by atomic mass is 10.4. The van der Waals surface area contributed by atoms with Crippen LogP contribution in [0.25, 0.3) is 0 Å². The minimum atomic E-state index is -1.06. The number of rotatable bonds is 6. The van der Waals surface area contributed by atoms with E-state index in [0.717, 1.165) is 0 Å². The fourth-order valence-corrected chi connectivity index (χ4v) is 1.35. The van der Waals surface area contributed by atoms with Gasteiger partial charge in [0, 0.05) is 12.7 Å². The van der Waals surface area contributed by atoms with Crippen molar-refractivity contribution >= 4 is 5.97 Å². The highest BCUT2D eigenvalue weighted by Gasteiger charge is 2.07. The Morgan fingerprint density at radius 1 is 1.53 bits per heavy atom. The zero-order chi connectivity index (χ0) is 12.1. The maximum Gasteiger partial charge on any atom is 0.371 e. The molecule has 0 unspecified atom stereocenters. The van der Waals surface area contributed by atoms with Crippen LogP contribution in [-0.2, 0) is 13.1 Å². The van der Waals surface area contributed by atoms with Crippen molar-refractivity contribution in [2.24, 2.45) is 0 Å². The minimum absolute atomic E-state index is 0.0434. The second-order valence-electron chi connectivity index (χ2n) is 3.41. The lowest BCUT2D eigenvalue weighted by Gasteiger charge is -2.02. The van der Waals surface area contributed by atoms with Crippen LogP contribution in [0.2, 0.25) is 0 Å². The average molecular weight is 236 g/mol. The monoisotopic (exact) mass is 236 g/mol. The first-order valence-electron chi connectivity index (χ1n) is 5.12. The summed E-state index contributed by atoms with van der Waals surface area (Å²) in [6.45, 7) is 1.89. The number of nitrogens with zero attached hydrogens (tertiary/aromatic N) is 3. The molecule has 7 nitrogen and oxygen atoms in total. The van der Waals surface area contributed by atoms with Crippen LogP contribution in [0.5, 0.6) is 0 Å². The number of nitrogens with one attached hydrogen (secondary N) is 1. The molecule has 7 heteroatoms. The second-order valence-corrected chi connectivity index (χ2v) is 3.41. The summed E-state index contributed by atoms with van der Waals surface area (Å²) in [5, 5.41) is 19.3. The SMILES string of the molecule is O=C(O)c1ccc(CNCCn2ccnn2)o1. The molecule has 0 saturated carbocycles. The number of aromatic carboxylic acids is 1. The van der Waals surface area contributed by atoms with Crippen LogP contribution in [0, 0.1) is 0 Å². The minimum Gasteiger partial charge on any atom is -0.475 e. The largest absolute Gasteiger partial charge is 0.475 e. The van der Waals surface area contributed by atoms with E-state index in [1.54, 1.807) is 23.1 Å². The molecule has 0 radical (unpaired) electrons. The van der Waals surface area contributed by atoms with Gasteiger partial charge in [0.05, 0.1) is 19.3 Å². The van der Waals surface area contributed by atoms with Crippen molar-refractivity contribution in [3.8, 4) is 0 Å². The normalized spacial score (nSPS) is 10.6. The van der Waals surface area contributed by atoms with Gasteiger partial charge in [0.15, 0.2) is 0 Å². The molecule has 2 N–H and O–H groups in total. The van der Waals surface area contributed by atoms with Crippen LogP contribution in [0.15, 0.2) is 28.9 Å². The maximum atomic E-state index is 10.6. The molecule has 0 bridgehead atoms. The zero-order valence-electron chi connectivity index (χ0n) is 9.04. The number of hydrogen-bond acceptors (Lipinski definition) is 5. The fourth-order valence-electron chi connectivity index (χ4n) is 1.35. The predicted molar refractivity (Wildman–Crippen MR) is 57.4 cm³/mol. The topological polar surface area (TPSA) is 93.2 Å². The van der Waals surface area contributed by atoms with Crippen molar-refractivity contribution in [3.63, 3.8) is 0 Å². The van der Waals surface area contributed by atoms with Gasteiger partial charge < -0.3 is 14.8 Å². The first-order valence-corrected chi connectivity index (χ1v) is 5.12. The number of aromatic nitrogens is 3. The molecule has 2 rings (SSSR count). The van der Waals surface area contributed by atoms with Crippen LogP contribution in [0.3, 0.4) is 0 Å². The summed E-state index contributed by atoms with van der Waals surface area (Å²) >= 11 is 0. The van der Waals surface area contributed by atoms with Crippen LogP contribution in [-0.4, -0.2) is 32.6 Å². The van der Waals surface area contributed by atoms with Gasteiger partial charge >= 0.3 is 5.97 Å². The predicted octanol–water partition coefficient (Wildman–Crippen LogP) is 0.359. The van der Waals surface area contributed by atoms with E-state index in [1.165, 1.54) is 6.07 Å². The van der Waals surface area contributed by atoms with Crippen molar-refractivity contribution in [2.45, 2.75) is 13.1 Å². The van der Waals surface area contributed by atoms with Crippen LogP contribution in [0.4, 0.5) is 0 Å². The number of carboxylic acid groups (broad SMARTS) is 1. The van der Waals surface area contributed by atoms with Gasteiger partial charge in [-0.15, -0.1) is 5.10 Å². The Kier molecular flexibility index (Phi) is 3.51. The Morgan fingerprint density at radius 2 is 2.41 bits per heavy atom. The summed E-state index contributed by atoms with van der Waals surface area (Å²) in [5.74, 6) is -0.502. The van der Waals surface area contributed by atoms with Gasteiger partial charge in [-0.25, -0.2) is 4.79 Å². The van der Waals surface area contributed by atoms with Crippen molar-refractivity contribution in [2.75, 3.05) is 6.54 Å². The Hall–Kier alpha value is -2.15. The molecule has 2 aromatic heterocycles. The molecule has 0 atom stereocenters. The summed E-state index contributed by atoms with van der Waals surface area (Å²) in [6.07, 6.45) is 3.39. The van der Waals surface area contributed by atoms with E-state index < -0.39 is 5.97 Å². The molecule has 90 valence electrons. The second kappa shape index (κ2) is 5.26. The van der Waals surface area contributed by atoms with Gasteiger partial charge in [-0.05, 0) is 12.1 Å². The number of hydrogen-bond donors (Lipinski definition) is 2. The summed E-state index contributed by atoms with van der Waals surface area (Å²) in [5.41, 5.74) is 0. The summed E-state index contributed by atoms with van der Waals surface area (Å²) in [6, 6.07) is 3.09. The number of carboxylic acids is 1. The van der Waals surface area contributed by atoms with E-state index in [0.29, 0.717) is 25.4 Å². The van der Waals surface area contributed by atoms with Crippen LogP contribution in [0.1, 0.15) is 16.3 Å². The molecule has 2 heterocycles. The maximum absolute atomic E-state index is 10.6. The lowest BCUT2D eigenvalue weighted by Crippen LogP contribution is -2.19. The molecule has 0 aliphatic carbocycles. The Morgan fingerprint density at radius 3 is 3.06 bits per heavy atom. The summed E-state index contributed by atoms with van der Waals surface area (Å²) in [4.78, 5) is 10.6. The van der Waals surface area contributed by atoms with E-state index in [4.69, 9.17) is 9.52 Å². The number of carbonyl (C=O) groups is 1. The Balaban J connectivity index is 1.72. The van der Waals surface area contributed by atoms with Crippen molar-refractivity contribution in [3.05, 3.63) is 36.0 Å². The van der Waals surface area contributed by atoms with Gasteiger partial charge in [-0.1, -0.05) is 5.21 Å². The first-order chi connectivity index (χ1) is 8.25. The van der Waals surface area contributed by atoms with Gasteiger partial charge in [0.25, 0.3) is 0 Å². The summed E-state index contributed by atoms with van der Waals surface area (Å²) < 4.78 is 6.79. The highest BCUT2D eigenvalue weighted by atomic mass is 16.4. The molecule has 17 heavy (non-hydrogen) atoms. The van der Waals surface area contributed by atoms with E-state index in [-0.39, 0.29) is 5.76 Å². The quantitative estimate of drug-likeness (QED) is 0.703. The highest BCUT2D eigenvalue weighted by Crippen LogP contribution is 2.07. The zero-order valence-corrected chi connectivity index (χ0v) is 9.04. The van der Waals surface area contributed by atoms with Gasteiger partial charge in [-0.2, -0.15) is 0 Å². The van der Waals surface area contributed by atoms with Gasteiger partial charge in [0.1, 0.15) is 5.76 Å². The average Bonchev–Trinajstić information content (AvgIpc) is 2.96. The van der Waals surface area contributed by atoms with Crippen molar-refractivity contribution in [1.82, 2.24) is 20.3 Å². The molecular weight excluding hydrogens is 224 g/mol. The Labute approximate surface area is 97.0 Å². The molecule has 2 aromatic rings. The molecule has 0 saturated heterocycles. The molecule has 0 amide bonds. The van der Waals surface area contributed by atoms with E-state index in [2.05, 4.69) is 15.6 Å². The van der Waals surface area contributed by atoms with Crippen molar-refractivity contribution in [1.29, 1.82) is 0 Å². The van der Waals surface area contributed by atoms with E-state index in [1.807, 2.05) is 0 Å². The third kappa shape index (κ3) is 3.15. The molecule has 0 aromatic carbocycles. The van der Waals surface area contributed by atoms with Crippen LogP contribution < -0.4 is 5.32 Å². The molecule has 0 aliphatic rings. The third-order valence-electron chi connectivity index (χ3n) is 2.16. The molecule has 0 fully saturated rings. The third-order valence-corrected chi connectivity index (χ3v) is 2.16. The summed E-state index contributed by atoms with van der Waals surface area (Å²) in [7, 11) is 0. The van der Waals surface area contributed by atoms with Crippen molar-refractivity contribution < 1.29 is 14.3 Å². The Bertz CT molecular complexity index is 477. The van der Waals surface area contributed by atoms with E-state index >= 15 is 0 Å². The van der Waals surface area contributed by atoms with Gasteiger partial charge in [0.2, 0.25) is 5.76 Å². The molecule has 0 spiro atoms. The van der Waals surface area contributed by atoms with E-state index in [9.17, 15) is 4.79 Å². The number of furan rings is 1. The highest BCUT2D eigenvalue weighted by molar-refractivity contribution is 5.84. The smallest absolute Gasteiger partial charge is 0.371 e. The molecule has 0 aliphatic heterocycles.